The third-order valence-corrected chi connectivity index (χ3v) is 4.31. The van der Waals surface area contributed by atoms with Crippen molar-refractivity contribution in [2.75, 3.05) is 26.2 Å². The van der Waals surface area contributed by atoms with E-state index in [1.807, 2.05) is 6.08 Å². The number of hydrogen-bond acceptors (Lipinski definition) is 3. The van der Waals surface area contributed by atoms with Crippen molar-refractivity contribution in [2.45, 2.75) is 18.9 Å². The van der Waals surface area contributed by atoms with Gasteiger partial charge in [-0.05, 0) is 34.8 Å². The van der Waals surface area contributed by atoms with Crippen LogP contribution in [0.5, 0.6) is 5.75 Å². The Morgan fingerprint density at radius 3 is 2.59 bits per heavy atom. The van der Waals surface area contributed by atoms with E-state index < -0.39 is 5.82 Å². The summed E-state index contributed by atoms with van der Waals surface area (Å²) in [4.78, 5) is 2.29. The van der Waals surface area contributed by atoms with Crippen LogP contribution in [0.4, 0.5) is 4.39 Å². The maximum atomic E-state index is 13.9. The van der Waals surface area contributed by atoms with Gasteiger partial charge in [-0.3, -0.25) is 4.90 Å². The topological polar surface area (TPSA) is 35.5 Å². The lowest BCUT2D eigenvalue weighted by molar-refractivity contribution is 0.163. The third-order valence-electron chi connectivity index (χ3n) is 3.70. The number of benzene rings is 1. The number of phenolic OH excluding ortho intramolecular Hbond substituents is 1. The number of nitrogens with one attached hydrogen (secondary N) is 1. The molecule has 0 aromatic heterocycles. The van der Waals surface area contributed by atoms with Crippen molar-refractivity contribution in [3.63, 3.8) is 0 Å². The third kappa shape index (κ3) is 5.10. The largest absolute Gasteiger partial charge is 0.505 e. The van der Waals surface area contributed by atoms with Crippen molar-refractivity contribution in [3.05, 3.63) is 40.6 Å². The molecule has 126 valence electrons. The Morgan fingerprint density at radius 2 is 2.00 bits per heavy atom. The molecule has 22 heavy (non-hydrogen) atoms. The molecular weight excluding hydrogens is 394 g/mol. The van der Waals surface area contributed by atoms with Gasteiger partial charge in [0, 0.05) is 37.8 Å². The number of aromatic hydroxyl groups is 1. The van der Waals surface area contributed by atoms with Crippen LogP contribution < -0.4 is 5.32 Å². The van der Waals surface area contributed by atoms with E-state index >= 15 is 0 Å². The van der Waals surface area contributed by atoms with Gasteiger partial charge >= 0.3 is 0 Å². The lowest BCUT2D eigenvalue weighted by atomic mass is 9.98. The first-order valence-corrected chi connectivity index (χ1v) is 7.67. The number of hydrogen-bond donors (Lipinski definition) is 2. The Hall–Kier alpha value is -0.330. The molecule has 0 unspecified atom stereocenters. The summed E-state index contributed by atoms with van der Waals surface area (Å²) in [5.41, 5.74) is 0.662. The highest BCUT2D eigenvalue weighted by Gasteiger charge is 2.25. The van der Waals surface area contributed by atoms with Gasteiger partial charge in [0.05, 0.1) is 4.47 Å². The van der Waals surface area contributed by atoms with Crippen LogP contribution in [0, 0.1) is 5.82 Å². The molecule has 1 saturated heterocycles. The van der Waals surface area contributed by atoms with Crippen LogP contribution in [0.15, 0.2) is 29.3 Å². The Morgan fingerprint density at radius 1 is 1.36 bits per heavy atom. The number of nitrogens with zero attached hydrogens (tertiary/aromatic N) is 1. The first-order chi connectivity index (χ1) is 9.65. The fourth-order valence-corrected chi connectivity index (χ4v) is 2.95. The van der Waals surface area contributed by atoms with Crippen LogP contribution >= 0.6 is 40.7 Å². The standard InChI is InChI=1S/C15H20BrFN2O.2ClH/c1-2-3-4-13(19-9-7-18-8-10-19)11-5-6-12(16)14(17)15(11)20;;/h2,5-6,13,18,20H,1,3-4,7-10H2;2*1H/t13-;;/m1../s1. The Bertz CT molecular complexity index is 485. The molecule has 0 spiro atoms. The van der Waals surface area contributed by atoms with Gasteiger partial charge in [0.1, 0.15) is 0 Å². The van der Waals surface area contributed by atoms with E-state index in [4.69, 9.17) is 0 Å². The minimum Gasteiger partial charge on any atom is -0.505 e. The first-order valence-electron chi connectivity index (χ1n) is 6.87. The molecule has 1 aliphatic heterocycles. The summed E-state index contributed by atoms with van der Waals surface area (Å²) >= 11 is 3.10. The number of halogens is 4. The summed E-state index contributed by atoms with van der Waals surface area (Å²) < 4.78 is 14.2. The smallest absolute Gasteiger partial charge is 0.179 e. The highest BCUT2D eigenvalue weighted by Crippen LogP contribution is 2.36. The molecule has 0 bridgehead atoms. The lowest BCUT2D eigenvalue weighted by Crippen LogP contribution is -2.45. The molecule has 0 saturated carbocycles. The molecule has 2 rings (SSSR count). The van der Waals surface area contributed by atoms with Crippen molar-refractivity contribution >= 4 is 40.7 Å². The second-order valence-electron chi connectivity index (χ2n) is 4.97. The molecule has 0 radical (unpaired) electrons. The van der Waals surface area contributed by atoms with Gasteiger partial charge < -0.3 is 10.4 Å². The van der Waals surface area contributed by atoms with Crippen LogP contribution in [0.1, 0.15) is 24.4 Å². The van der Waals surface area contributed by atoms with Crippen molar-refractivity contribution in [2.24, 2.45) is 0 Å². The molecule has 1 aliphatic rings. The zero-order valence-corrected chi connectivity index (χ0v) is 15.4. The summed E-state index contributed by atoms with van der Waals surface area (Å²) in [5.74, 6) is -0.826. The summed E-state index contributed by atoms with van der Waals surface area (Å²) in [5, 5.41) is 13.4. The Balaban J connectivity index is 0.00000220. The van der Waals surface area contributed by atoms with Gasteiger partial charge in [0.2, 0.25) is 0 Å². The Labute approximate surface area is 151 Å². The highest BCUT2D eigenvalue weighted by atomic mass is 79.9. The molecule has 7 heteroatoms. The molecule has 1 aromatic carbocycles. The predicted molar refractivity (Wildman–Crippen MR) is 96.9 cm³/mol. The number of rotatable bonds is 5. The molecule has 3 nitrogen and oxygen atoms in total. The zero-order chi connectivity index (χ0) is 14.5. The van der Waals surface area contributed by atoms with Gasteiger partial charge in [-0.2, -0.15) is 0 Å². The molecule has 1 aromatic rings. The molecule has 1 heterocycles. The number of piperazine rings is 1. The minimum atomic E-state index is -0.582. The van der Waals surface area contributed by atoms with Crippen LogP contribution in [-0.2, 0) is 0 Å². The lowest BCUT2D eigenvalue weighted by Gasteiger charge is -2.35. The van der Waals surface area contributed by atoms with E-state index in [-0.39, 0.29) is 36.6 Å². The molecule has 2 N–H and O–H groups in total. The average molecular weight is 416 g/mol. The van der Waals surface area contributed by atoms with Crippen LogP contribution in [0.25, 0.3) is 0 Å². The quantitative estimate of drug-likeness (QED) is 0.712. The summed E-state index contributed by atoms with van der Waals surface area (Å²) in [6, 6.07) is 3.49. The van der Waals surface area contributed by atoms with Gasteiger partial charge in [-0.15, -0.1) is 31.4 Å². The maximum Gasteiger partial charge on any atom is 0.179 e. The Kier molecular flexibility index (Phi) is 10.3. The van der Waals surface area contributed by atoms with Gasteiger partial charge in [0.25, 0.3) is 0 Å². The number of phenols is 1. The zero-order valence-electron chi connectivity index (χ0n) is 12.2. The van der Waals surface area contributed by atoms with Crippen molar-refractivity contribution < 1.29 is 9.50 Å². The van der Waals surface area contributed by atoms with Crippen LogP contribution in [0.3, 0.4) is 0 Å². The van der Waals surface area contributed by atoms with Crippen molar-refractivity contribution in [1.29, 1.82) is 0 Å². The first kappa shape index (κ1) is 21.7. The minimum absolute atomic E-state index is 0. The summed E-state index contributed by atoms with van der Waals surface area (Å²) in [7, 11) is 0. The van der Waals surface area contributed by atoms with E-state index in [1.165, 1.54) is 0 Å². The van der Waals surface area contributed by atoms with Crippen molar-refractivity contribution in [3.8, 4) is 5.75 Å². The molecular formula is C15H22BrCl2FN2O. The van der Waals surface area contributed by atoms with E-state index in [1.54, 1.807) is 12.1 Å². The normalized spacial score (nSPS) is 16.3. The van der Waals surface area contributed by atoms with E-state index in [0.29, 0.717) is 10.0 Å². The van der Waals surface area contributed by atoms with Gasteiger partial charge in [0.15, 0.2) is 11.6 Å². The molecule has 1 atom stereocenters. The van der Waals surface area contributed by atoms with E-state index in [2.05, 4.69) is 32.7 Å². The fraction of sp³-hybridized carbons (Fsp3) is 0.467. The van der Waals surface area contributed by atoms with Crippen LogP contribution in [-0.4, -0.2) is 36.2 Å². The predicted octanol–water partition coefficient (Wildman–Crippen LogP) is 4.05. The second kappa shape index (κ2) is 10.4. The monoisotopic (exact) mass is 414 g/mol. The van der Waals surface area contributed by atoms with Gasteiger partial charge in [-0.25, -0.2) is 4.39 Å². The average Bonchev–Trinajstić information content (AvgIpc) is 2.48. The fourth-order valence-electron chi connectivity index (χ4n) is 2.63. The number of allylic oxidation sites excluding steroid dienone is 1. The highest BCUT2D eigenvalue weighted by molar-refractivity contribution is 9.10. The van der Waals surface area contributed by atoms with Crippen molar-refractivity contribution in [1.82, 2.24) is 10.2 Å². The second-order valence-corrected chi connectivity index (χ2v) is 5.82. The van der Waals surface area contributed by atoms with Crippen LogP contribution in [0.2, 0.25) is 0 Å². The molecule has 0 amide bonds. The SMILES string of the molecule is C=CCC[C@H](c1ccc(Br)c(F)c1O)N1CCNCC1.Cl.Cl. The van der Waals surface area contributed by atoms with E-state index in [9.17, 15) is 9.50 Å². The van der Waals surface area contributed by atoms with Gasteiger partial charge in [-0.1, -0.05) is 12.1 Å². The van der Waals surface area contributed by atoms with E-state index in [0.717, 1.165) is 39.0 Å². The summed E-state index contributed by atoms with van der Waals surface area (Å²) in [6.07, 6.45) is 3.53. The molecule has 1 fully saturated rings. The summed E-state index contributed by atoms with van der Waals surface area (Å²) in [6.45, 7) is 7.40. The molecule has 0 aliphatic carbocycles. The maximum absolute atomic E-state index is 13.9.